The first kappa shape index (κ1) is 41.1. The number of ether oxygens (including phenoxy) is 1. The molecule has 0 atom stereocenters. The van der Waals surface area contributed by atoms with Crippen LogP contribution in [0.4, 0.5) is 0 Å². The van der Waals surface area contributed by atoms with Crippen LogP contribution in [-0.4, -0.2) is 14.1 Å². The Labute approximate surface area is 457 Å². The van der Waals surface area contributed by atoms with Gasteiger partial charge in [0.05, 0.1) is 16.7 Å². The van der Waals surface area contributed by atoms with E-state index >= 15 is 0 Å². The van der Waals surface area contributed by atoms with Crippen LogP contribution in [0.15, 0.2) is 164 Å². The number of para-hydroxylation sites is 3. The van der Waals surface area contributed by atoms with Crippen molar-refractivity contribution in [2.75, 3.05) is 0 Å². The molecular formula is C68H58N4OPt-2. The minimum atomic E-state index is -2.66. The van der Waals surface area contributed by atoms with Crippen molar-refractivity contribution in [3.63, 3.8) is 0 Å². The van der Waals surface area contributed by atoms with E-state index in [0.717, 1.165) is 84.9 Å². The fourth-order valence-electron chi connectivity index (χ4n) is 11.7. The average Bonchev–Trinajstić information content (AvgIpc) is 4.18. The number of pyridine rings is 1. The molecule has 2 aliphatic rings. The number of hydrogen-bond donors (Lipinski definition) is 0. The normalized spacial score (nSPS) is 15.8. The fourth-order valence-corrected chi connectivity index (χ4v) is 11.7. The smallest absolute Gasteiger partial charge is 0.268 e. The second-order valence-corrected chi connectivity index (χ2v) is 22.2. The molecule has 1 aliphatic heterocycles. The quantitative estimate of drug-likeness (QED) is 0.127. The average molecular weight is 1150 g/mol. The van der Waals surface area contributed by atoms with Gasteiger partial charge in [-0.05, 0) is 150 Å². The van der Waals surface area contributed by atoms with Crippen molar-refractivity contribution in [1.29, 1.82) is 0 Å². The van der Waals surface area contributed by atoms with Crippen LogP contribution in [0, 0.1) is 32.2 Å². The topological polar surface area (TPSA) is 35.9 Å². The number of benzene rings is 8. The standard InChI is InChI=1S/C68H58N4O.Pt/c1-42-18-14-19-43(2)63(42)54-27-16-25-53-56-40-58-57(67(6,7)33-34-68(58,8)9)39-55(56)49-23-11-10-22-48(49)52-26-17-29-60-65(52)71(64(53)54)41-70(60)45-20-15-21-46(37-45)73-47-30-31-51-50-24-12-13-28-59(50)72(61(51)38-47)62-36-44(32-35-69-62)66(3,4)5;/h10-32,35-36,39-40H,33-34H2,1-9H3;/q-2;/i1D3,2D3;. The van der Waals surface area contributed by atoms with Gasteiger partial charge in [-0.25, -0.2) is 4.98 Å². The molecule has 1 aliphatic carbocycles. The molecule has 13 rings (SSSR count). The monoisotopic (exact) mass is 1150 g/mol. The summed E-state index contributed by atoms with van der Waals surface area (Å²) in [5, 5.41) is 2.10. The second-order valence-electron chi connectivity index (χ2n) is 22.2. The van der Waals surface area contributed by atoms with Gasteiger partial charge < -0.3 is 13.9 Å². The molecule has 0 spiro atoms. The van der Waals surface area contributed by atoms with Gasteiger partial charge in [0.25, 0.3) is 6.33 Å². The van der Waals surface area contributed by atoms with Gasteiger partial charge in [-0.2, -0.15) is 18.2 Å². The summed E-state index contributed by atoms with van der Waals surface area (Å²) in [6, 6.07) is 59.5. The third-order valence-electron chi connectivity index (χ3n) is 15.7. The van der Waals surface area contributed by atoms with E-state index < -0.39 is 13.7 Å². The molecule has 0 N–H and O–H groups in total. The Kier molecular flexibility index (Phi) is 9.65. The van der Waals surface area contributed by atoms with Gasteiger partial charge >= 0.3 is 0 Å². The predicted octanol–water partition coefficient (Wildman–Crippen LogP) is 16.8. The van der Waals surface area contributed by atoms with Crippen molar-refractivity contribution in [2.24, 2.45) is 0 Å². The summed E-state index contributed by atoms with van der Waals surface area (Å²) in [4.78, 5) is 4.87. The summed E-state index contributed by atoms with van der Waals surface area (Å²) in [5.74, 6) is 1.74. The molecule has 8 aromatic carbocycles. The van der Waals surface area contributed by atoms with Gasteiger partial charge in [0.15, 0.2) is 0 Å². The van der Waals surface area contributed by atoms with Gasteiger partial charge in [-0.1, -0.05) is 157 Å². The van der Waals surface area contributed by atoms with Crippen LogP contribution in [0.5, 0.6) is 11.5 Å². The van der Waals surface area contributed by atoms with Crippen molar-refractivity contribution in [1.82, 2.24) is 14.1 Å². The summed E-state index contributed by atoms with van der Waals surface area (Å²) >= 11 is 0. The Morgan fingerprint density at radius 1 is 0.595 bits per heavy atom. The SMILES string of the molecule is [2H]C([2H])([2H])c1cccc(C([2H])([2H])[2H])c1-c1cccc2c1-[n+]1[c-]n(-c3[c-]c(Oc4[c-]c5c(cc4)c4ccccc4n5-c4cc(C(C)(C)C)ccn4)ccc3)c3cccc(c31)-c1ccccc1-c1cc3c(cc1-2)C(C)(C)CCC3(C)C.[Pt]. The van der Waals surface area contributed by atoms with E-state index in [4.69, 9.17) is 17.9 Å². The Morgan fingerprint density at radius 2 is 1.20 bits per heavy atom. The van der Waals surface area contributed by atoms with E-state index in [1.54, 1.807) is 6.07 Å². The number of nitrogens with zero attached hydrogens (tertiary/aromatic N) is 4. The molecule has 0 amide bonds. The maximum absolute atomic E-state index is 8.91. The Balaban J connectivity index is 0.00000637. The van der Waals surface area contributed by atoms with Crippen LogP contribution in [0.25, 0.3) is 94.5 Å². The molecule has 368 valence electrons. The summed E-state index contributed by atoms with van der Waals surface area (Å²) in [7, 11) is 0. The fraction of sp³-hybridized carbons (Fsp3) is 0.206. The van der Waals surface area contributed by atoms with E-state index in [2.05, 4.69) is 162 Å². The summed E-state index contributed by atoms with van der Waals surface area (Å²) in [6.07, 6.45) is 7.70. The summed E-state index contributed by atoms with van der Waals surface area (Å²) < 4.78 is 66.3. The molecule has 3 aromatic heterocycles. The number of imidazole rings is 1. The van der Waals surface area contributed by atoms with Crippen molar-refractivity contribution in [3.05, 3.63) is 210 Å². The first-order valence-electron chi connectivity index (χ1n) is 28.3. The van der Waals surface area contributed by atoms with Crippen LogP contribution in [0.1, 0.15) is 97.3 Å². The molecule has 0 bridgehead atoms. The number of hydrogen-bond acceptors (Lipinski definition) is 2. The molecule has 0 saturated heterocycles. The number of rotatable bonds is 5. The van der Waals surface area contributed by atoms with Gasteiger partial charge in [0, 0.05) is 52.5 Å². The number of fused-ring (bicyclic) bond motifs is 11. The number of aromatic nitrogens is 4. The minimum absolute atomic E-state index is 0. The largest absolute Gasteiger partial charge is 0.510 e. The molecule has 0 saturated carbocycles. The Bertz CT molecular complexity index is 4290. The van der Waals surface area contributed by atoms with Crippen molar-refractivity contribution in [3.8, 4) is 73.2 Å². The molecule has 0 radical (unpaired) electrons. The van der Waals surface area contributed by atoms with E-state index in [9.17, 15) is 0 Å². The van der Waals surface area contributed by atoms with Crippen LogP contribution in [-0.2, 0) is 37.3 Å². The van der Waals surface area contributed by atoms with Gasteiger partial charge in [-0.3, -0.25) is 4.57 Å². The Morgan fingerprint density at radius 3 is 1.95 bits per heavy atom. The first-order chi connectivity index (χ1) is 37.6. The van der Waals surface area contributed by atoms with Crippen LogP contribution in [0.3, 0.4) is 0 Å². The molecule has 6 heteroatoms. The van der Waals surface area contributed by atoms with Crippen LogP contribution >= 0.6 is 0 Å². The third-order valence-corrected chi connectivity index (χ3v) is 15.7. The zero-order valence-corrected chi connectivity index (χ0v) is 44.8. The maximum atomic E-state index is 8.91. The van der Waals surface area contributed by atoms with E-state index in [-0.39, 0.29) is 54.0 Å². The van der Waals surface area contributed by atoms with Crippen molar-refractivity contribution in [2.45, 2.75) is 91.3 Å². The van der Waals surface area contributed by atoms with E-state index in [1.807, 2.05) is 63.9 Å². The van der Waals surface area contributed by atoms with Crippen LogP contribution in [0.2, 0.25) is 0 Å². The number of aryl methyl sites for hydroxylation is 2. The molecule has 5 nitrogen and oxygen atoms in total. The summed E-state index contributed by atoms with van der Waals surface area (Å²) in [5.41, 5.74) is 14.3. The maximum Gasteiger partial charge on any atom is 0.268 e. The second kappa shape index (κ2) is 17.4. The third kappa shape index (κ3) is 7.52. The van der Waals surface area contributed by atoms with Gasteiger partial charge in [0.2, 0.25) is 0 Å². The molecule has 0 fully saturated rings. The van der Waals surface area contributed by atoms with Crippen LogP contribution < -0.4 is 9.30 Å². The predicted molar refractivity (Wildman–Crippen MR) is 299 cm³/mol. The van der Waals surface area contributed by atoms with Gasteiger partial charge in [-0.15, -0.1) is 29.7 Å². The zero-order chi connectivity index (χ0) is 55.1. The van der Waals surface area contributed by atoms with E-state index in [0.29, 0.717) is 28.4 Å². The summed E-state index contributed by atoms with van der Waals surface area (Å²) in [6.45, 7) is 10.6. The Hall–Kier alpha value is -7.33. The molecular weight excluding hydrogens is 1080 g/mol. The molecule has 4 heterocycles. The molecule has 74 heavy (non-hydrogen) atoms. The van der Waals surface area contributed by atoms with E-state index in [1.165, 1.54) is 28.8 Å². The molecule has 0 unspecified atom stereocenters. The minimum Gasteiger partial charge on any atom is -0.510 e. The van der Waals surface area contributed by atoms with Crippen molar-refractivity contribution < 1.29 is 38.6 Å². The first-order valence-corrected chi connectivity index (χ1v) is 25.3. The zero-order valence-electron chi connectivity index (χ0n) is 48.5. The van der Waals surface area contributed by atoms with Crippen molar-refractivity contribution >= 4 is 32.8 Å². The molecule has 11 aromatic rings. The van der Waals surface area contributed by atoms with Gasteiger partial charge in [0.1, 0.15) is 5.82 Å².